The van der Waals surface area contributed by atoms with Gasteiger partial charge in [-0.3, -0.25) is 4.79 Å². The van der Waals surface area contributed by atoms with Crippen LogP contribution >= 0.6 is 0 Å². The van der Waals surface area contributed by atoms with E-state index in [1.807, 2.05) is 18.2 Å². The lowest BCUT2D eigenvalue weighted by molar-refractivity contribution is -0.117. The standard InChI is InChI=1S/C13H19N3O2/c1-16-12-3-2-9(4-10(12)5-13(16)18)7-15-8-11(17)6-14/h2-4,11,15,17H,5-8,14H2,1H3. The molecule has 2 rings (SSSR count). The van der Waals surface area contributed by atoms with E-state index in [0.29, 0.717) is 19.5 Å². The number of fused-ring (bicyclic) bond motifs is 1. The van der Waals surface area contributed by atoms with E-state index in [-0.39, 0.29) is 12.5 Å². The number of hydrogen-bond acceptors (Lipinski definition) is 4. The van der Waals surface area contributed by atoms with Crippen molar-refractivity contribution in [1.82, 2.24) is 5.32 Å². The number of rotatable bonds is 5. The number of anilines is 1. The van der Waals surface area contributed by atoms with E-state index >= 15 is 0 Å². The summed E-state index contributed by atoms with van der Waals surface area (Å²) in [5.74, 6) is 0.133. The molecule has 1 aromatic carbocycles. The number of carbonyl (C=O) groups excluding carboxylic acids is 1. The third kappa shape index (κ3) is 2.69. The Morgan fingerprint density at radius 3 is 3.06 bits per heavy atom. The molecule has 18 heavy (non-hydrogen) atoms. The number of benzene rings is 1. The fourth-order valence-electron chi connectivity index (χ4n) is 2.10. The monoisotopic (exact) mass is 249 g/mol. The Morgan fingerprint density at radius 1 is 1.56 bits per heavy atom. The number of carbonyl (C=O) groups is 1. The topological polar surface area (TPSA) is 78.6 Å². The average Bonchev–Trinajstić information content (AvgIpc) is 2.64. The van der Waals surface area contributed by atoms with Crippen molar-refractivity contribution in [2.45, 2.75) is 19.1 Å². The molecule has 5 heteroatoms. The molecule has 1 atom stereocenters. The van der Waals surface area contributed by atoms with Crippen LogP contribution in [0, 0.1) is 0 Å². The average molecular weight is 249 g/mol. The lowest BCUT2D eigenvalue weighted by Crippen LogP contribution is -2.32. The van der Waals surface area contributed by atoms with Crippen molar-refractivity contribution in [2.75, 3.05) is 25.0 Å². The molecule has 4 N–H and O–H groups in total. The molecule has 1 aliphatic heterocycles. The summed E-state index contributed by atoms with van der Waals surface area (Å²) in [4.78, 5) is 13.2. The van der Waals surface area contributed by atoms with Crippen LogP contribution in [0.1, 0.15) is 11.1 Å². The summed E-state index contributed by atoms with van der Waals surface area (Å²) in [6.07, 6.45) is -0.0300. The minimum absolute atomic E-state index is 0.133. The summed E-state index contributed by atoms with van der Waals surface area (Å²) in [7, 11) is 1.80. The van der Waals surface area contributed by atoms with Crippen LogP contribution in [0.2, 0.25) is 0 Å². The van der Waals surface area contributed by atoms with Gasteiger partial charge in [-0.25, -0.2) is 0 Å². The molecule has 0 radical (unpaired) electrons. The van der Waals surface area contributed by atoms with Crippen molar-refractivity contribution < 1.29 is 9.90 Å². The number of likely N-dealkylation sites (N-methyl/N-ethyl adjacent to an activating group) is 1. The predicted molar refractivity (Wildman–Crippen MR) is 70.3 cm³/mol. The maximum absolute atomic E-state index is 11.5. The maximum atomic E-state index is 11.5. The Labute approximate surface area is 107 Å². The van der Waals surface area contributed by atoms with Gasteiger partial charge in [-0.15, -0.1) is 0 Å². The molecule has 0 fully saturated rings. The van der Waals surface area contributed by atoms with E-state index in [1.165, 1.54) is 0 Å². The van der Waals surface area contributed by atoms with Crippen molar-refractivity contribution in [1.29, 1.82) is 0 Å². The van der Waals surface area contributed by atoms with Gasteiger partial charge in [0.15, 0.2) is 0 Å². The normalized spacial score (nSPS) is 15.9. The summed E-state index contributed by atoms with van der Waals surface area (Å²) in [5, 5.41) is 12.5. The zero-order valence-electron chi connectivity index (χ0n) is 10.5. The molecule has 0 aromatic heterocycles. The zero-order chi connectivity index (χ0) is 13.1. The fraction of sp³-hybridized carbons (Fsp3) is 0.462. The van der Waals surface area contributed by atoms with Gasteiger partial charge < -0.3 is 21.1 Å². The molecule has 5 nitrogen and oxygen atoms in total. The van der Waals surface area contributed by atoms with E-state index < -0.39 is 6.10 Å². The van der Waals surface area contributed by atoms with E-state index in [4.69, 9.17) is 5.73 Å². The minimum Gasteiger partial charge on any atom is -0.390 e. The van der Waals surface area contributed by atoms with Crippen LogP contribution in [-0.2, 0) is 17.8 Å². The first kappa shape index (κ1) is 13.0. The van der Waals surface area contributed by atoms with E-state index in [0.717, 1.165) is 16.8 Å². The summed E-state index contributed by atoms with van der Waals surface area (Å²) in [6.45, 7) is 1.41. The van der Waals surface area contributed by atoms with Crippen molar-refractivity contribution in [3.63, 3.8) is 0 Å². The lowest BCUT2D eigenvalue weighted by atomic mass is 10.1. The van der Waals surface area contributed by atoms with Crippen molar-refractivity contribution in [3.8, 4) is 0 Å². The van der Waals surface area contributed by atoms with Crippen molar-refractivity contribution in [2.24, 2.45) is 5.73 Å². The molecule has 0 aliphatic carbocycles. The summed E-state index contributed by atoms with van der Waals surface area (Å²) in [5.41, 5.74) is 8.50. The quantitative estimate of drug-likeness (QED) is 0.664. The van der Waals surface area contributed by atoms with Gasteiger partial charge in [-0.05, 0) is 17.2 Å². The highest BCUT2D eigenvalue weighted by Crippen LogP contribution is 2.28. The number of amides is 1. The minimum atomic E-state index is -0.507. The summed E-state index contributed by atoms with van der Waals surface area (Å²) < 4.78 is 0. The molecule has 0 saturated heterocycles. The van der Waals surface area contributed by atoms with Crippen LogP contribution < -0.4 is 16.0 Å². The van der Waals surface area contributed by atoms with Gasteiger partial charge in [0.2, 0.25) is 5.91 Å². The second-order valence-electron chi connectivity index (χ2n) is 4.61. The van der Waals surface area contributed by atoms with Crippen LogP contribution in [0.4, 0.5) is 5.69 Å². The first-order valence-corrected chi connectivity index (χ1v) is 6.09. The Kier molecular flexibility index (Phi) is 3.96. The number of aliphatic hydroxyl groups is 1. The number of nitrogens with one attached hydrogen (secondary N) is 1. The Bertz CT molecular complexity index is 448. The first-order chi connectivity index (χ1) is 8.61. The highest BCUT2D eigenvalue weighted by Gasteiger charge is 2.23. The van der Waals surface area contributed by atoms with Gasteiger partial charge in [0.05, 0.1) is 12.5 Å². The van der Waals surface area contributed by atoms with E-state index in [9.17, 15) is 9.90 Å². The van der Waals surface area contributed by atoms with Crippen LogP contribution in [0.3, 0.4) is 0 Å². The maximum Gasteiger partial charge on any atom is 0.231 e. The largest absolute Gasteiger partial charge is 0.390 e. The van der Waals surface area contributed by atoms with Crippen LogP contribution in [0.25, 0.3) is 0 Å². The SMILES string of the molecule is CN1C(=O)Cc2cc(CNCC(O)CN)ccc21. The van der Waals surface area contributed by atoms with Crippen molar-refractivity contribution >= 4 is 11.6 Å². The van der Waals surface area contributed by atoms with Crippen LogP contribution in [-0.4, -0.2) is 37.3 Å². The Balaban J connectivity index is 1.96. The molecule has 0 saturated carbocycles. The van der Waals surface area contributed by atoms with E-state index in [1.54, 1.807) is 11.9 Å². The molecular weight excluding hydrogens is 230 g/mol. The molecule has 1 aromatic rings. The van der Waals surface area contributed by atoms with Gasteiger partial charge in [-0.1, -0.05) is 12.1 Å². The van der Waals surface area contributed by atoms with Crippen LogP contribution in [0.5, 0.6) is 0 Å². The zero-order valence-corrected chi connectivity index (χ0v) is 10.5. The first-order valence-electron chi connectivity index (χ1n) is 6.09. The highest BCUT2D eigenvalue weighted by atomic mass is 16.3. The molecule has 1 amide bonds. The van der Waals surface area contributed by atoms with Gasteiger partial charge in [-0.2, -0.15) is 0 Å². The molecule has 0 spiro atoms. The van der Waals surface area contributed by atoms with E-state index in [2.05, 4.69) is 5.32 Å². The van der Waals surface area contributed by atoms with Gasteiger partial charge >= 0.3 is 0 Å². The van der Waals surface area contributed by atoms with Gasteiger partial charge in [0, 0.05) is 32.4 Å². The number of aliphatic hydroxyl groups excluding tert-OH is 1. The lowest BCUT2D eigenvalue weighted by Gasteiger charge is -2.12. The highest BCUT2D eigenvalue weighted by molar-refractivity contribution is 6.00. The second-order valence-corrected chi connectivity index (χ2v) is 4.61. The van der Waals surface area contributed by atoms with Gasteiger partial charge in [0.25, 0.3) is 0 Å². The second kappa shape index (κ2) is 5.48. The number of nitrogens with two attached hydrogens (primary N) is 1. The van der Waals surface area contributed by atoms with Crippen molar-refractivity contribution in [3.05, 3.63) is 29.3 Å². The fourth-order valence-corrected chi connectivity index (χ4v) is 2.10. The smallest absolute Gasteiger partial charge is 0.231 e. The van der Waals surface area contributed by atoms with Gasteiger partial charge in [0.1, 0.15) is 0 Å². The molecule has 0 bridgehead atoms. The molecule has 1 unspecified atom stereocenters. The third-order valence-electron chi connectivity index (χ3n) is 3.20. The summed E-state index contributed by atoms with van der Waals surface area (Å²) in [6, 6.07) is 6.00. The molecule has 1 aliphatic rings. The summed E-state index contributed by atoms with van der Waals surface area (Å²) >= 11 is 0. The molecular formula is C13H19N3O2. The Hall–Kier alpha value is -1.43. The van der Waals surface area contributed by atoms with Crippen LogP contribution in [0.15, 0.2) is 18.2 Å². The number of nitrogens with zero attached hydrogens (tertiary/aromatic N) is 1. The number of hydrogen-bond donors (Lipinski definition) is 3. The Morgan fingerprint density at radius 2 is 2.33 bits per heavy atom. The molecule has 1 heterocycles. The molecule has 98 valence electrons. The third-order valence-corrected chi connectivity index (χ3v) is 3.20. The predicted octanol–water partition coefficient (Wildman–Crippen LogP) is -0.385.